The van der Waals surface area contributed by atoms with E-state index in [2.05, 4.69) is 21.3 Å². The number of fused-ring (bicyclic) bond motifs is 1. The molecule has 0 amide bonds. The van der Waals surface area contributed by atoms with Crippen LogP contribution in [0.25, 0.3) is 0 Å². The van der Waals surface area contributed by atoms with Gasteiger partial charge in [0.1, 0.15) is 0 Å². The second-order valence-electron chi connectivity index (χ2n) is 2.73. The molecule has 2 rings (SSSR count). The van der Waals surface area contributed by atoms with Crippen molar-refractivity contribution < 1.29 is 4.68 Å². The van der Waals surface area contributed by atoms with Gasteiger partial charge < -0.3 is 0 Å². The van der Waals surface area contributed by atoms with Crippen LogP contribution in [0.5, 0.6) is 0 Å². The fourth-order valence-corrected chi connectivity index (χ4v) is 2.44. The number of nitrogens with one attached hydrogen (secondary N) is 1. The third-order valence-corrected chi connectivity index (χ3v) is 3.20. The fraction of sp³-hybridized carbons (Fsp3) is 0.714. The highest BCUT2D eigenvalue weighted by atomic mass is 32.2. The van der Waals surface area contributed by atoms with E-state index in [4.69, 9.17) is 0 Å². The van der Waals surface area contributed by atoms with Crippen molar-refractivity contribution in [3.63, 3.8) is 0 Å². The second kappa shape index (κ2) is 2.85. The molecule has 4 heteroatoms. The molecule has 0 aliphatic carbocycles. The summed E-state index contributed by atoms with van der Waals surface area (Å²) in [4.78, 5) is 4.12. The first kappa shape index (κ1) is 7.16. The van der Waals surface area contributed by atoms with Gasteiger partial charge in [-0.15, -0.1) is 10.1 Å². The summed E-state index contributed by atoms with van der Waals surface area (Å²) in [5.74, 6) is 0. The molecule has 1 saturated heterocycles. The first-order chi connectivity index (χ1) is 5.40. The lowest BCUT2D eigenvalue weighted by atomic mass is 10.2. The summed E-state index contributed by atoms with van der Waals surface area (Å²) in [6.07, 6.45) is 6.00. The van der Waals surface area contributed by atoms with Crippen LogP contribution in [0.3, 0.4) is 0 Å². The molecule has 2 heterocycles. The molecule has 0 aromatic rings. The predicted octanol–water partition coefficient (Wildman–Crippen LogP) is 0.817. The SMILES string of the molecule is CN=C1N[N+]2=CCCC[C@H]2S1. The van der Waals surface area contributed by atoms with Crippen LogP contribution in [-0.2, 0) is 0 Å². The van der Waals surface area contributed by atoms with Crippen LogP contribution in [0.2, 0.25) is 0 Å². The Kier molecular flexibility index (Phi) is 1.85. The van der Waals surface area contributed by atoms with Crippen LogP contribution in [0.4, 0.5) is 0 Å². The quantitative estimate of drug-likeness (QED) is 0.545. The molecule has 1 atom stereocenters. The molecule has 0 aromatic heterocycles. The molecule has 11 heavy (non-hydrogen) atoms. The predicted molar refractivity (Wildman–Crippen MR) is 48.0 cm³/mol. The summed E-state index contributed by atoms with van der Waals surface area (Å²) in [6, 6.07) is 0. The maximum Gasteiger partial charge on any atom is 0.234 e. The second-order valence-corrected chi connectivity index (χ2v) is 3.90. The molecule has 1 fully saturated rings. The molecule has 0 unspecified atom stereocenters. The third-order valence-electron chi connectivity index (χ3n) is 1.97. The van der Waals surface area contributed by atoms with E-state index in [0.717, 1.165) is 5.17 Å². The van der Waals surface area contributed by atoms with E-state index in [0.29, 0.717) is 5.37 Å². The van der Waals surface area contributed by atoms with Gasteiger partial charge in [0, 0.05) is 19.9 Å². The molecule has 0 radical (unpaired) electrons. The Morgan fingerprint density at radius 2 is 2.73 bits per heavy atom. The van der Waals surface area contributed by atoms with E-state index in [9.17, 15) is 0 Å². The Morgan fingerprint density at radius 1 is 1.82 bits per heavy atom. The normalized spacial score (nSPS) is 33.0. The van der Waals surface area contributed by atoms with Crippen LogP contribution < -0.4 is 5.43 Å². The van der Waals surface area contributed by atoms with Crippen molar-refractivity contribution in [2.45, 2.75) is 24.6 Å². The molecule has 60 valence electrons. The molecule has 0 aromatic carbocycles. The van der Waals surface area contributed by atoms with Crippen LogP contribution in [0.1, 0.15) is 19.3 Å². The monoisotopic (exact) mass is 170 g/mol. The number of hydrazine groups is 1. The maximum atomic E-state index is 4.12. The number of hydrogen-bond acceptors (Lipinski definition) is 2. The number of nitrogens with zero attached hydrogens (tertiary/aromatic N) is 2. The zero-order valence-corrected chi connectivity index (χ0v) is 7.40. The van der Waals surface area contributed by atoms with E-state index in [1.807, 2.05) is 18.8 Å². The largest absolute Gasteiger partial charge is 0.261 e. The number of thioether (sulfide) groups is 1. The molecular formula is C7H12N3S+. The molecule has 2 aliphatic heterocycles. The van der Waals surface area contributed by atoms with Gasteiger partial charge in [-0.2, -0.15) is 0 Å². The topological polar surface area (TPSA) is 27.4 Å². The first-order valence-corrected chi connectivity index (χ1v) is 4.80. The van der Waals surface area contributed by atoms with E-state index in [1.165, 1.54) is 19.3 Å². The van der Waals surface area contributed by atoms with E-state index in [-0.39, 0.29) is 0 Å². The smallest absolute Gasteiger partial charge is 0.234 e. The maximum absolute atomic E-state index is 4.12. The van der Waals surface area contributed by atoms with Gasteiger partial charge in [-0.05, 0) is 18.2 Å². The summed E-state index contributed by atoms with van der Waals surface area (Å²) in [5.41, 5.74) is 3.23. The number of amidine groups is 1. The fourth-order valence-electron chi connectivity index (χ4n) is 1.38. The Balaban J connectivity index is 2.17. The minimum atomic E-state index is 0.599. The highest BCUT2D eigenvalue weighted by molar-refractivity contribution is 8.14. The van der Waals surface area contributed by atoms with Crippen LogP contribution >= 0.6 is 11.8 Å². The van der Waals surface area contributed by atoms with Gasteiger partial charge in [-0.3, -0.25) is 4.99 Å². The summed E-state index contributed by atoms with van der Waals surface area (Å²) in [5, 5.41) is 1.65. The van der Waals surface area contributed by atoms with Gasteiger partial charge in [0.25, 0.3) is 0 Å². The van der Waals surface area contributed by atoms with Crippen molar-refractivity contribution in [2.75, 3.05) is 7.05 Å². The highest BCUT2D eigenvalue weighted by Gasteiger charge is 2.34. The van der Waals surface area contributed by atoms with Gasteiger partial charge >= 0.3 is 0 Å². The highest BCUT2D eigenvalue weighted by Crippen LogP contribution is 2.25. The first-order valence-electron chi connectivity index (χ1n) is 3.92. The van der Waals surface area contributed by atoms with Crippen molar-refractivity contribution >= 4 is 23.1 Å². The molecule has 2 aliphatic rings. The van der Waals surface area contributed by atoms with Gasteiger partial charge in [-0.1, -0.05) is 0 Å². The summed E-state index contributed by atoms with van der Waals surface area (Å²) in [7, 11) is 1.83. The summed E-state index contributed by atoms with van der Waals surface area (Å²) < 4.78 is 2.18. The minimum Gasteiger partial charge on any atom is -0.261 e. The average molecular weight is 170 g/mol. The van der Waals surface area contributed by atoms with Crippen molar-refractivity contribution in [3.05, 3.63) is 0 Å². The molecule has 0 bridgehead atoms. The minimum absolute atomic E-state index is 0.599. The van der Waals surface area contributed by atoms with Crippen LogP contribution in [0, 0.1) is 0 Å². The third kappa shape index (κ3) is 1.27. The number of aliphatic imine (C=N–C) groups is 1. The van der Waals surface area contributed by atoms with E-state index < -0.39 is 0 Å². The summed E-state index contributed by atoms with van der Waals surface area (Å²) >= 11 is 1.83. The molecule has 1 N–H and O–H groups in total. The van der Waals surface area contributed by atoms with Crippen molar-refractivity contribution in [2.24, 2.45) is 4.99 Å². The van der Waals surface area contributed by atoms with Crippen molar-refractivity contribution in [1.82, 2.24) is 5.43 Å². The lowest BCUT2D eigenvalue weighted by molar-refractivity contribution is -0.578. The van der Waals surface area contributed by atoms with Gasteiger partial charge in [0.15, 0.2) is 6.21 Å². The Morgan fingerprint density at radius 3 is 3.45 bits per heavy atom. The summed E-state index contributed by atoms with van der Waals surface area (Å²) in [6.45, 7) is 0. The van der Waals surface area contributed by atoms with Gasteiger partial charge in [-0.25, -0.2) is 0 Å². The Labute approximate surface area is 70.6 Å². The zero-order chi connectivity index (χ0) is 7.68. The van der Waals surface area contributed by atoms with Crippen LogP contribution in [-0.4, -0.2) is 28.5 Å². The molecule has 0 spiro atoms. The van der Waals surface area contributed by atoms with Crippen molar-refractivity contribution in [3.8, 4) is 0 Å². The number of hydrazone groups is 1. The zero-order valence-electron chi connectivity index (χ0n) is 6.58. The Bertz CT molecular complexity index is 222. The lowest BCUT2D eigenvalue weighted by Crippen LogP contribution is -2.31. The van der Waals surface area contributed by atoms with Crippen molar-refractivity contribution in [1.29, 1.82) is 0 Å². The van der Waals surface area contributed by atoms with Gasteiger partial charge in [0.2, 0.25) is 10.5 Å². The number of hydrogen-bond donors (Lipinski definition) is 1. The molecular weight excluding hydrogens is 158 g/mol. The Hall–Kier alpha value is -0.510. The number of rotatable bonds is 0. The molecule has 0 saturated carbocycles. The van der Waals surface area contributed by atoms with Crippen LogP contribution in [0.15, 0.2) is 4.99 Å². The lowest BCUT2D eigenvalue weighted by Gasteiger charge is -2.06. The molecule has 3 nitrogen and oxygen atoms in total. The van der Waals surface area contributed by atoms with E-state index in [1.54, 1.807) is 0 Å². The standard InChI is InChI=1S/C7H12N3S/c1-8-7-9-10-5-3-2-4-6(10)11-7/h5-6H,2-4H2,1H3,(H,8,9)/q+1/t6-/m1/s1. The van der Waals surface area contributed by atoms with Gasteiger partial charge in [0.05, 0.1) is 0 Å². The average Bonchev–Trinajstić information content (AvgIpc) is 2.46. The van der Waals surface area contributed by atoms with E-state index >= 15 is 0 Å².